The standard InChI is InChI=1S/C24H32O6/c1-14(2)24(29)30-21-12-17(22(27)15-5-3-7-19(25)10-15)9-18(13-21)23(28)16-6-4-8-20(26)11-16/h15-18,21H,1,3-13H2,2H3. The molecule has 0 amide bonds. The molecule has 0 aliphatic heterocycles. The molecule has 3 aliphatic rings. The summed E-state index contributed by atoms with van der Waals surface area (Å²) < 4.78 is 5.55. The van der Waals surface area contributed by atoms with Crippen LogP contribution in [-0.4, -0.2) is 35.2 Å². The molecule has 0 aromatic heterocycles. The molecular formula is C24H32O6. The van der Waals surface area contributed by atoms with Crippen LogP contribution < -0.4 is 0 Å². The second kappa shape index (κ2) is 9.80. The first-order chi connectivity index (χ1) is 14.2. The van der Waals surface area contributed by atoms with E-state index in [9.17, 15) is 24.0 Å². The van der Waals surface area contributed by atoms with Crippen molar-refractivity contribution in [1.29, 1.82) is 0 Å². The Hall–Kier alpha value is -2.11. The zero-order valence-electron chi connectivity index (χ0n) is 17.8. The van der Waals surface area contributed by atoms with Crippen LogP contribution in [0.3, 0.4) is 0 Å². The Morgan fingerprint density at radius 2 is 1.27 bits per heavy atom. The van der Waals surface area contributed by atoms with Crippen molar-refractivity contribution in [2.45, 2.75) is 83.7 Å². The van der Waals surface area contributed by atoms with Gasteiger partial charge in [0, 0.05) is 54.9 Å². The van der Waals surface area contributed by atoms with Gasteiger partial charge in [-0.1, -0.05) is 6.58 Å². The Morgan fingerprint density at radius 3 is 1.67 bits per heavy atom. The van der Waals surface area contributed by atoms with Crippen molar-refractivity contribution < 1.29 is 28.7 Å². The Morgan fingerprint density at radius 1 is 0.800 bits per heavy atom. The Labute approximate surface area is 177 Å². The molecule has 30 heavy (non-hydrogen) atoms. The fourth-order valence-electron chi connectivity index (χ4n) is 5.28. The normalized spacial score (nSPS) is 32.4. The molecule has 0 aromatic carbocycles. The lowest BCUT2D eigenvalue weighted by atomic mass is 9.69. The maximum atomic E-state index is 13.2. The van der Waals surface area contributed by atoms with Crippen LogP contribution in [0.25, 0.3) is 0 Å². The molecule has 6 heteroatoms. The van der Waals surface area contributed by atoms with Gasteiger partial charge in [-0.15, -0.1) is 0 Å². The molecule has 6 nitrogen and oxygen atoms in total. The van der Waals surface area contributed by atoms with Crippen molar-refractivity contribution in [2.75, 3.05) is 0 Å². The highest BCUT2D eigenvalue weighted by molar-refractivity contribution is 5.93. The van der Waals surface area contributed by atoms with Crippen molar-refractivity contribution >= 4 is 29.1 Å². The summed E-state index contributed by atoms with van der Waals surface area (Å²) in [5, 5.41) is 0. The number of ketones is 4. The van der Waals surface area contributed by atoms with Crippen LogP contribution in [0.15, 0.2) is 12.2 Å². The van der Waals surface area contributed by atoms with E-state index in [1.165, 1.54) is 0 Å². The predicted octanol–water partition coefficient (Wildman–Crippen LogP) is 3.55. The van der Waals surface area contributed by atoms with E-state index in [0.29, 0.717) is 44.9 Å². The van der Waals surface area contributed by atoms with E-state index < -0.39 is 23.9 Å². The first kappa shape index (κ1) is 22.6. The van der Waals surface area contributed by atoms with E-state index in [2.05, 4.69) is 6.58 Å². The fraction of sp³-hybridized carbons (Fsp3) is 0.708. The van der Waals surface area contributed by atoms with Crippen LogP contribution in [0.1, 0.15) is 77.6 Å². The van der Waals surface area contributed by atoms with Gasteiger partial charge in [-0.2, -0.15) is 0 Å². The van der Waals surface area contributed by atoms with E-state index in [4.69, 9.17) is 4.74 Å². The Kier molecular flexibility index (Phi) is 7.37. The largest absolute Gasteiger partial charge is 0.459 e. The van der Waals surface area contributed by atoms with Gasteiger partial charge in [0.2, 0.25) is 0 Å². The van der Waals surface area contributed by atoms with Crippen molar-refractivity contribution in [3.05, 3.63) is 12.2 Å². The minimum atomic E-state index is -0.524. The molecule has 0 heterocycles. The average Bonchev–Trinajstić information content (AvgIpc) is 2.72. The van der Waals surface area contributed by atoms with Crippen molar-refractivity contribution in [3.63, 3.8) is 0 Å². The van der Waals surface area contributed by atoms with Crippen LogP contribution in [0, 0.1) is 23.7 Å². The quantitative estimate of drug-likeness (QED) is 0.485. The lowest BCUT2D eigenvalue weighted by molar-refractivity contribution is -0.152. The molecule has 164 valence electrons. The zero-order valence-corrected chi connectivity index (χ0v) is 17.8. The number of carbonyl (C=O) groups is 5. The van der Waals surface area contributed by atoms with Gasteiger partial charge in [-0.05, 0) is 51.9 Å². The van der Waals surface area contributed by atoms with Gasteiger partial charge in [0.15, 0.2) is 0 Å². The molecule has 4 atom stereocenters. The van der Waals surface area contributed by atoms with Crippen molar-refractivity contribution in [2.24, 2.45) is 23.7 Å². The summed E-state index contributed by atoms with van der Waals surface area (Å²) >= 11 is 0. The highest BCUT2D eigenvalue weighted by Crippen LogP contribution is 2.39. The molecule has 0 saturated heterocycles. The van der Waals surface area contributed by atoms with E-state index in [1.807, 2.05) is 0 Å². The Bertz CT molecular complexity index is 703. The number of hydrogen-bond donors (Lipinski definition) is 0. The van der Waals surface area contributed by atoms with Gasteiger partial charge >= 0.3 is 5.97 Å². The number of rotatable bonds is 6. The summed E-state index contributed by atoms with van der Waals surface area (Å²) in [6.07, 6.45) is 5.15. The van der Waals surface area contributed by atoms with E-state index in [0.717, 1.165) is 12.8 Å². The smallest absolute Gasteiger partial charge is 0.333 e. The van der Waals surface area contributed by atoms with Gasteiger partial charge in [-0.3, -0.25) is 19.2 Å². The van der Waals surface area contributed by atoms with Gasteiger partial charge < -0.3 is 4.74 Å². The highest BCUT2D eigenvalue weighted by Gasteiger charge is 2.42. The number of ether oxygens (including phenoxy) is 1. The van der Waals surface area contributed by atoms with Crippen molar-refractivity contribution in [3.8, 4) is 0 Å². The lowest BCUT2D eigenvalue weighted by Gasteiger charge is -2.36. The van der Waals surface area contributed by atoms with Crippen LogP contribution >= 0.6 is 0 Å². The summed E-state index contributed by atoms with van der Waals surface area (Å²) in [6, 6.07) is 0. The monoisotopic (exact) mass is 416 g/mol. The molecule has 0 bridgehead atoms. The second-order valence-electron chi connectivity index (χ2n) is 9.38. The number of esters is 1. The average molecular weight is 417 g/mol. The van der Waals surface area contributed by atoms with Gasteiger partial charge in [0.1, 0.15) is 29.2 Å². The molecule has 3 rings (SSSR count). The lowest BCUT2D eigenvalue weighted by Crippen LogP contribution is -2.41. The van der Waals surface area contributed by atoms with E-state index in [-0.39, 0.29) is 53.4 Å². The number of carbonyl (C=O) groups excluding carboxylic acids is 5. The van der Waals surface area contributed by atoms with E-state index in [1.54, 1.807) is 6.92 Å². The van der Waals surface area contributed by atoms with Gasteiger partial charge in [0.05, 0.1) is 0 Å². The summed E-state index contributed by atoms with van der Waals surface area (Å²) in [6.45, 7) is 5.18. The molecule has 0 radical (unpaired) electrons. The van der Waals surface area contributed by atoms with Crippen LogP contribution in [-0.2, 0) is 28.7 Å². The molecule has 3 aliphatic carbocycles. The fourth-order valence-corrected chi connectivity index (χ4v) is 5.28. The maximum absolute atomic E-state index is 13.2. The van der Waals surface area contributed by atoms with Gasteiger partial charge in [0.25, 0.3) is 0 Å². The third kappa shape index (κ3) is 5.52. The third-order valence-electron chi connectivity index (χ3n) is 6.86. The summed E-state index contributed by atoms with van der Waals surface area (Å²) in [4.78, 5) is 62.1. The second-order valence-corrected chi connectivity index (χ2v) is 9.38. The highest BCUT2D eigenvalue weighted by atomic mass is 16.5. The minimum absolute atomic E-state index is 0.0247. The third-order valence-corrected chi connectivity index (χ3v) is 6.86. The summed E-state index contributed by atoms with van der Waals surface area (Å²) in [5.74, 6) is -1.61. The SMILES string of the molecule is C=C(C)C(=O)OC1CC(C(=O)C2CCCC(=O)C2)CC(C(=O)C2CCCC(=O)C2)C1. The minimum Gasteiger partial charge on any atom is -0.459 e. The molecule has 0 spiro atoms. The topological polar surface area (TPSA) is 94.6 Å². The molecule has 4 unspecified atom stereocenters. The summed E-state index contributed by atoms with van der Waals surface area (Å²) in [7, 11) is 0. The van der Waals surface area contributed by atoms with E-state index >= 15 is 0 Å². The predicted molar refractivity (Wildman–Crippen MR) is 109 cm³/mol. The number of Topliss-reactive ketones (excluding diaryl/α,β-unsaturated/α-hetero) is 4. The zero-order chi connectivity index (χ0) is 21.8. The Balaban J connectivity index is 1.74. The first-order valence-corrected chi connectivity index (χ1v) is 11.2. The van der Waals surface area contributed by atoms with Gasteiger partial charge in [-0.25, -0.2) is 4.79 Å². The first-order valence-electron chi connectivity index (χ1n) is 11.2. The molecule has 3 fully saturated rings. The van der Waals surface area contributed by atoms with Crippen molar-refractivity contribution in [1.82, 2.24) is 0 Å². The maximum Gasteiger partial charge on any atom is 0.333 e. The molecule has 0 aromatic rings. The molecule has 3 saturated carbocycles. The molecule has 0 N–H and O–H groups in total. The van der Waals surface area contributed by atoms with Crippen LogP contribution in [0.4, 0.5) is 0 Å². The van der Waals surface area contributed by atoms with Crippen LogP contribution in [0.2, 0.25) is 0 Å². The van der Waals surface area contributed by atoms with Crippen LogP contribution in [0.5, 0.6) is 0 Å². The number of hydrogen-bond acceptors (Lipinski definition) is 6. The summed E-state index contributed by atoms with van der Waals surface area (Å²) in [5.41, 5.74) is 0.280. The molecular weight excluding hydrogens is 384 g/mol.